The van der Waals surface area contributed by atoms with Crippen molar-refractivity contribution in [3.8, 4) is 11.1 Å². The second kappa shape index (κ2) is 7.10. The molecule has 0 bridgehead atoms. The molecule has 0 saturated carbocycles. The Morgan fingerprint density at radius 2 is 1.53 bits per heavy atom. The fourth-order valence-electron chi connectivity index (χ4n) is 2.25. The molecule has 1 atom stereocenters. The molecule has 0 amide bonds. The summed E-state index contributed by atoms with van der Waals surface area (Å²) in [6, 6.07) is 19.5. The van der Waals surface area contributed by atoms with E-state index in [9.17, 15) is 0 Å². The van der Waals surface area contributed by atoms with Gasteiger partial charge in [0.05, 0.1) is 0 Å². The first-order valence-corrected chi connectivity index (χ1v) is 7.17. The second-order valence-electron chi connectivity index (χ2n) is 5.09. The summed E-state index contributed by atoms with van der Waals surface area (Å²) < 4.78 is 0. The van der Waals surface area contributed by atoms with E-state index in [-0.39, 0.29) is 0 Å². The zero-order valence-corrected chi connectivity index (χ0v) is 11.9. The summed E-state index contributed by atoms with van der Waals surface area (Å²) in [5.41, 5.74) is 3.98. The fourth-order valence-corrected chi connectivity index (χ4v) is 2.25. The molecule has 0 spiro atoms. The van der Waals surface area contributed by atoms with E-state index in [4.69, 9.17) is 0 Å². The summed E-state index contributed by atoms with van der Waals surface area (Å²) in [4.78, 5) is 0. The highest BCUT2D eigenvalue weighted by atomic mass is 14.8. The molecule has 0 radical (unpaired) electrons. The molecule has 2 aromatic rings. The predicted octanol–water partition coefficient (Wildman–Crippen LogP) is 4.46. The molecule has 100 valence electrons. The molecule has 19 heavy (non-hydrogen) atoms. The van der Waals surface area contributed by atoms with Gasteiger partial charge in [-0.15, -0.1) is 0 Å². The SMILES string of the molecule is CCCNCC(C)c1ccc(-c2ccccc2)cc1. The van der Waals surface area contributed by atoms with Crippen molar-refractivity contribution in [1.82, 2.24) is 5.32 Å². The van der Waals surface area contributed by atoms with Crippen molar-refractivity contribution in [3.05, 3.63) is 60.2 Å². The van der Waals surface area contributed by atoms with E-state index in [1.165, 1.54) is 23.1 Å². The van der Waals surface area contributed by atoms with Crippen LogP contribution in [0.2, 0.25) is 0 Å². The van der Waals surface area contributed by atoms with Crippen molar-refractivity contribution >= 4 is 0 Å². The first-order chi connectivity index (χ1) is 9.31. The summed E-state index contributed by atoms with van der Waals surface area (Å²) in [6.07, 6.45) is 1.19. The summed E-state index contributed by atoms with van der Waals surface area (Å²) in [5.74, 6) is 0.566. The minimum atomic E-state index is 0.566. The smallest absolute Gasteiger partial charge is 0.00174 e. The van der Waals surface area contributed by atoms with Gasteiger partial charge < -0.3 is 5.32 Å². The Kier molecular flexibility index (Phi) is 5.17. The van der Waals surface area contributed by atoms with E-state index in [1.54, 1.807) is 0 Å². The molecule has 0 heterocycles. The highest BCUT2D eigenvalue weighted by Gasteiger charge is 2.05. The van der Waals surface area contributed by atoms with Crippen molar-refractivity contribution in [3.63, 3.8) is 0 Å². The first-order valence-electron chi connectivity index (χ1n) is 7.17. The molecule has 2 aromatic carbocycles. The van der Waals surface area contributed by atoms with Gasteiger partial charge in [-0.05, 0) is 35.6 Å². The van der Waals surface area contributed by atoms with Gasteiger partial charge in [-0.25, -0.2) is 0 Å². The summed E-state index contributed by atoms with van der Waals surface area (Å²) >= 11 is 0. The normalized spacial score (nSPS) is 12.3. The highest BCUT2D eigenvalue weighted by Crippen LogP contribution is 2.22. The molecule has 2 rings (SSSR count). The van der Waals surface area contributed by atoms with E-state index in [0.717, 1.165) is 13.1 Å². The Hall–Kier alpha value is -1.60. The van der Waals surface area contributed by atoms with E-state index >= 15 is 0 Å². The minimum absolute atomic E-state index is 0.566. The molecular weight excluding hydrogens is 230 g/mol. The van der Waals surface area contributed by atoms with Crippen molar-refractivity contribution in [1.29, 1.82) is 0 Å². The van der Waals surface area contributed by atoms with Crippen LogP contribution in [0.4, 0.5) is 0 Å². The third-order valence-electron chi connectivity index (χ3n) is 3.46. The lowest BCUT2D eigenvalue weighted by Gasteiger charge is -2.13. The van der Waals surface area contributed by atoms with Gasteiger partial charge in [-0.2, -0.15) is 0 Å². The van der Waals surface area contributed by atoms with Gasteiger partial charge in [0.1, 0.15) is 0 Å². The molecule has 1 unspecified atom stereocenters. The van der Waals surface area contributed by atoms with Crippen molar-refractivity contribution in [2.75, 3.05) is 13.1 Å². The van der Waals surface area contributed by atoms with Gasteiger partial charge in [0.25, 0.3) is 0 Å². The largest absolute Gasteiger partial charge is 0.316 e. The lowest BCUT2D eigenvalue weighted by molar-refractivity contribution is 0.609. The predicted molar refractivity (Wildman–Crippen MR) is 83.5 cm³/mol. The summed E-state index contributed by atoms with van der Waals surface area (Å²) in [5, 5.41) is 3.48. The van der Waals surface area contributed by atoms with Crippen LogP contribution in [0.3, 0.4) is 0 Å². The monoisotopic (exact) mass is 253 g/mol. The van der Waals surface area contributed by atoms with Gasteiger partial charge in [-0.3, -0.25) is 0 Å². The second-order valence-corrected chi connectivity index (χ2v) is 5.09. The molecule has 0 aliphatic heterocycles. The summed E-state index contributed by atoms with van der Waals surface area (Å²) in [6.45, 7) is 6.64. The van der Waals surface area contributed by atoms with E-state index in [1.807, 2.05) is 0 Å². The number of hydrogen-bond donors (Lipinski definition) is 1. The maximum Gasteiger partial charge on any atom is 0.00174 e. The molecule has 1 N–H and O–H groups in total. The van der Waals surface area contributed by atoms with Crippen LogP contribution in [0.25, 0.3) is 11.1 Å². The molecule has 1 nitrogen and oxygen atoms in total. The molecular formula is C18H23N. The topological polar surface area (TPSA) is 12.0 Å². The molecule has 0 saturated heterocycles. The van der Waals surface area contributed by atoms with E-state index in [2.05, 4.69) is 73.8 Å². The van der Waals surface area contributed by atoms with Crippen LogP contribution in [-0.4, -0.2) is 13.1 Å². The van der Waals surface area contributed by atoms with Crippen LogP contribution in [0.5, 0.6) is 0 Å². The summed E-state index contributed by atoms with van der Waals surface area (Å²) in [7, 11) is 0. The zero-order chi connectivity index (χ0) is 13.5. The molecule has 0 aliphatic rings. The number of nitrogens with one attached hydrogen (secondary N) is 1. The third-order valence-corrected chi connectivity index (χ3v) is 3.46. The van der Waals surface area contributed by atoms with Crippen molar-refractivity contribution in [2.24, 2.45) is 0 Å². The molecule has 1 heteroatoms. The van der Waals surface area contributed by atoms with Crippen LogP contribution >= 0.6 is 0 Å². The maximum atomic E-state index is 3.48. The van der Waals surface area contributed by atoms with Gasteiger partial charge in [0.2, 0.25) is 0 Å². The quantitative estimate of drug-likeness (QED) is 0.750. The van der Waals surface area contributed by atoms with Gasteiger partial charge in [-0.1, -0.05) is 68.4 Å². The minimum Gasteiger partial charge on any atom is -0.316 e. The van der Waals surface area contributed by atoms with E-state index in [0.29, 0.717) is 5.92 Å². The van der Waals surface area contributed by atoms with Crippen molar-refractivity contribution in [2.45, 2.75) is 26.2 Å². The van der Waals surface area contributed by atoms with Crippen LogP contribution < -0.4 is 5.32 Å². The Balaban J connectivity index is 2.02. The lowest BCUT2D eigenvalue weighted by atomic mass is 9.97. The average Bonchev–Trinajstić information content (AvgIpc) is 2.48. The Bertz CT molecular complexity index is 473. The standard InChI is InChI=1S/C18H23N/c1-3-13-19-14-15(2)16-9-11-18(12-10-16)17-7-5-4-6-8-17/h4-12,15,19H,3,13-14H2,1-2H3. The van der Waals surface area contributed by atoms with Crippen molar-refractivity contribution < 1.29 is 0 Å². The average molecular weight is 253 g/mol. The van der Waals surface area contributed by atoms with Crippen LogP contribution in [0.1, 0.15) is 31.7 Å². The molecule has 0 fully saturated rings. The van der Waals surface area contributed by atoms with E-state index < -0.39 is 0 Å². The van der Waals surface area contributed by atoms with Gasteiger partial charge >= 0.3 is 0 Å². The Labute approximate surface area is 116 Å². The Morgan fingerprint density at radius 3 is 2.16 bits per heavy atom. The number of hydrogen-bond acceptors (Lipinski definition) is 1. The fraction of sp³-hybridized carbons (Fsp3) is 0.333. The van der Waals surface area contributed by atoms with Crippen LogP contribution in [-0.2, 0) is 0 Å². The van der Waals surface area contributed by atoms with Gasteiger partial charge in [0, 0.05) is 6.54 Å². The number of benzene rings is 2. The van der Waals surface area contributed by atoms with Crippen LogP contribution in [0.15, 0.2) is 54.6 Å². The zero-order valence-electron chi connectivity index (χ0n) is 11.9. The maximum absolute atomic E-state index is 3.48. The third kappa shape index (κ3) is 3.93. The molecule has 0 aliphatic carbocycles. The van der Waals surface area contributed by atoms with Crippen LogP contribution in [0, 0.1) is 0 Å². The lowest BCUT2D eigenvalue weighted by Crippen LogP contribution is -2.20. The first kappa shape index (κ1) is 13.8. The molecule has 0 aromatic heterocycles. The number of rotatable bonds is 6. The Morgan fingerprint density at radius 1 is 0.895 bits per heavy atom. The highest BCUT2D eigenvalue weighted by molar-refractivity contribution is 5.63. The van der Waals surface area contributed by atoms with Gasteiger partial charge in [0.15, 0.2) is 0 Å².